The van der Waals surface area contributed by atoms with Crippen LogP contribution in [0.3, 0.4) is 0 Å². The van der Waals surface area contributed by atoms with Gasteiger partial charge in [0, 0.05) is 5.41 Å². The molecule has 1 atom stereocenters. The molecule has 18 heavy (non-hydrogen) atoms. The lowest BCUT2D eigenvalue weighted by Gasteiger charge is -2.28. The normalized spacial score (nSPS) is 13.1. The fraction of sp³-hybridized carbons (Fsp3) is 0.529. The zero-order chi connectivity index (χ0) is 13.6. The third-order valence-corrected chi connectivity index (χ3v) is 3.88. The van der Waals surface area contributed by atoms with E-state index < -0.39 is 0 Å². The van der Waals surface area contributed by atoms with Gasteiger partial charge in [0.15, 0.2) is 0 Å². The maximum atomic E-state index is 5.29. The molecule has 0 heterocycles. The van der Waals surface area contributed by atoms with E-state index in [0.717, 1.165) is 12.2 Å². The summed E-state index contributed by atoms with van der Waals surface area (Å²) < 4.78 is 5.29. The van der Waals surface area contributed by atoms with Gasteiger partial charge in [0.1, 0.15) is 0 Å². The molecule has 1 aromatic rings. The maximum Gasteiger partial charge on any atom is 0.0939 e. The summed E-state index contributed by atoms with van der Waals surface area (Å²) >= 11 is 0. The van der Waals surface area contributed by atoms with Crippen LogP contribution in [0, 0.1) is 5.41 Å². The van der Waals surface area contributed by atoms with Gasteiger partial charge < -0.3 is 4.74 Å². The Morgan fingerprint density at radius 3 is 2.39 bits per heavy atom. The van der Waals surface area contributed by atoms with Gasteiger partial charge in [0.25, 0.3) is 0 Å². The topological polar surface area (TPSA) is 9.23 Å². The predicted octanol–water partition coefficient (Wildman–Crippen LogP) is 5.15. The highest BCUT2D eigenvalue weighted by molar-refractivity contribution is 5.19. The lowest BCUT2D eigenvalue weighted by molar-refractivity contribution is 0.183. The maximum absolute atomic E-state index is 5.29. The molecule has 0 bridgehead atoms. The molecule has 0 fully saturated rings. The molecular weight excluding hydrogens is 220 g/mol. The van der Waals surface area contributed by atoms with E-state index in [1.807, 2.05) is 0 Å². The SMILES string of the molecule is C=C(OC)C(C)(C)CCC(CC)c1ccccc1. The highest BCUT2D eigenvalue weighted by Crippen LogP contribution is 2.35. The summed E-state index contributed by atoms with van der Waals surface area (Å²) in [4.78, 5) is 0. The van der Waals surface area contributed by atoms with Gasteiger partial charge in [0.2, 0.25) is 0 Å². The number of benzene rings is 1. The molecular formula is C17H26O. The summed E-state index contributed by atoms with van der Waals surface area (Å²) in [7, 11) is 1.71. The van der Waals surface area contributed by atoms with E-state index in [-0.39, 0.29) is 5.41 Å². The van der Waals surface area contributed by atoms with E-state index in [9.17, 15) is 0 Å². The van der Waals surface area contributed by atoms with E-state index in [1.165, 1.54) is 18.4 Å². The van der Waals surface area contributed by atoms with Crippen LogP contribution in [0.2, 0.25) is 0 Å². The lowest BCUT2D eigenvalue weighted by Crippen LogP contribution is -2.16. The van der Waals surface area contributed by atoms with Gasteiger partial charge >= 0.3 is 0 Å². The van der Waals surface area contributed by atoms with E-state index >= 15 is 0 Å². The van der Waals surface area contributed by atoms with Gasteiger partial charge in [-0.05, 0) is 30.7 Å². The van der Waals surface area contributed by atoms with Crippen molar-refractivity contribution < 1.29 is 4.74 Å². The summed E-state index contributed by atoms with van der Waals surface area (Å²) in [6, 6.07) is 10.8. The Hall–Kier alpha value is -1.24. The molecule has 0 aromatic heterocycles. The highest BCUT2D eigenvalue weighted by Gasteiger charge is 2.24. The van der Waals surface area contributed by atoms with Gasteiger partial charge in [-0.15, -0.1) is 0 Å². The molecule has 0 aliphatic carbocycles. The summed E-state index contributed by atoms with van der Waals surface area (Å²) in [6.07, 6.45) is 3.46. The number of allylic oxidation sites excluding steroid dienone is 1. The first kappa shape index (κ1) is 14.8. The molecule has 0 aliphatic rings. The minimum Gasteiger partial charge on any atom is -0.501 e. The monoisotopic (exact) mass is 246 g/mol. The number of hydrogen-bond acceptors (Lipinski definition) is 1. The van der Waals surface area contributed by atoms with Crippen molar-refractivity contribution in [2.75, 3.05) is 7.11 Å². The van der Waals surface area contributed by atoms with Crippen LogP contribution in [-0.4, -0.2) is 7.11 Å². The Labute approximate surface area is 112 Å². The first-order valence-corrected chi connectivity index (χ1v) is 6.79. The Bertz CT molecular complexity index is 364. The van der Waals surface area contributed by atoms with Crippen LogP contribution in [0.1, 0.15) is 51.5 Å². The number of rotatable bonds is 7. The first-order valence-electron chi connectivity index (χ1n) is 6.79. The van der Waals surface area contributed by atoms with Gasteiger partial charge in [-0.2, -0.15) is 0 Å². The van der Waals surface area contributed by atoms with E-state index in [2.05, 4.69) is 57.7 Å². The van der Waals surface area contributed by atoms with Crippen LogP contribution < -0.4 is 0 Å². The molecule has 1 rings (SSSR count). The van der Waals surface area contributed by atoms with Crippen LogP contribution in [0.25, 0.3) is 0 Å². The minimum atomic E-state index is 0.0525. The Balaban J connectivity index is 2.63. The molecule has 1 heteroatoms. The van der Waals surface area contributed by atoms with Gasteiger partial charge in [0.05, 0.1) is 12.9 Å². The van der Waals surface area contributed by atoms with Crippen molar-refractivity contribution in [2.24, 2.45) is 5.41 Å². The molecule has 100 valence electrons. The second-order valence-electron chi connectivity index (χ2n) is 5.57. The van der Waals surface area contributed by atoms with Crippen molar-refractivity contribution >= 4 is 0 Å². The van der Waals surface area contributed by atoms with Crippen LogP contribution in [-0.2, 0) is 4.74 Å². The number of methoxy groups -OCH3 is 1. The smallest absolute Gasteiger partial charge is 0.0939 e. The predicted molar refractivity (Wildman–Crippen MR) is 78.6 cm³/mol. The zero-order valence-corrected chi connectivity index (χ0v) is 12.2. The molecule has 0 saturated heterocycles. The summed E-state index contributed by atoms with van der Waals surface area (Å²) in [5.41, 5.74) is 1.50. The minimum absolute atomic E-state index is 0.0525. The first-order chi connectivity index (χ1) is 8.51. The summed E-state index contributed by atoms with van der Waals surface area (Å²) in [5.74, 6) is 1.51. The standard InChI is InChI=1S/C17H26O/c1-6-15(16-10-8-7-9-11-16)12-13-17(3,4)14(2)18-5/h7-11,15H,2,6,12-13H2,1,3-5H3. The molecule has 0 spiro atoms. The fourth-order valence-electron chi connectivity index (χ4n) is 2.28. The lowest BCUT2D eigenvalue weighted by atomic mass is 9.81. The van der Waals surface area contributed by atoms with Crippen molar-refractivity contribution in [3.63, 3.8) is 0 Å². The van der Waals surface area contributed by atoms with Crippen LogP contribution >= 0.6 is 0 Å². The number of hydrogen-bond donors (Lipinski definition) is 0. The third-order valence-electron chi connectivity index (χ3n) is 3.88. The largest absolute Gasteiger partial charge is 0.501 e. The van der Waals surface area contributed by atoms with Gasteiger partial charge in [-0.25, -0.2) is 0 Å². The quantitative estimate of drug-likeness (QED) is 0.605. The van der Waals surface area contributed by atoms with Crippen LogP contribution in [0.15, 0.2) is 42.7 Å². The molecule has 0 radical (unpaired) electrons. The average Bonchev–Trinajstić information content (AvgIpc) is 2.39. The van der Waals surface area contributed by atoms with E-state index in [1.54, 1.807) is 7.11 Å². The number of ether oxygens (including phenoxy) is 1. The molecule has 1 aromatic carbocycles. The van der Waals surface area contributed by atoms with Crippen molar-refractivity contribution in [3.8, 4) is 0 Å². The molecule has 1 nitrogen and oxygen atoms in total. The Morgan fingerprint density at radius 2 is 1.89 bits per heavy atom. The molecule has 0 aliphatic heterocycles. The van der Waals surface area contributed by atoms with Gasteiger partial charge in [-0.3, -0.25) is 0 Å². The van der Waals surface area contributed by atoms with Crippen LogP contribution in [0.4, 0.5) is 0 Å². The fourth-order valence-corrected chi connectivity index (χ4v) is 2.28. The molecule has 0 N–H and O–H groups in total. The average molecular weight is 246 g/mol. The Morgan fingerprint density at radius 1 is 1.28 bits per heavy atom. The second kappa shape index (κ2) is 6.63. The molecule has 0 saturated carbocycles. The summed E-state index contributed by atoms with van der Waals surface area (Å²) in [5, 5.41) is 0. The molecule has 1 unspecified atom stereocenters. The van der Waals surface area contributed by atoms with Crippen molar-refractivity contribution in [3.05, 3.63) is 48.2 Å². The Kier molecular flexibility index (Phi) is 5.46. The van der Waals surface area contributed by atoms with Crippen molar-refractivity contribution in [1.82, 2.24) is 0 Å². The molecule has 0 amide bonds. The highest BCUT2D eigenvalue weighted by atomic mass is 16.5. The van der Waals surface area contributed by atoms with Crippen molar-refractivity contribution in [1.29, 1.82) is 0 Å². The van der Waals surface area contributed by atoms with E-state index in [0.29, 0.717) is 5.92 Å². The third kappa shape index (κ3) is 3.90. The second-order valence-corrected chi connectivity index (χ2v) is 5.57. The van der Waals surface area contributed by atoms with Gasteiger partial charge in [-0.1, -0.05) is 57.7 Å². The zero-order valence-electron chi connectivity index (χ0n) is 12.2. The summed E-state index contributed by atoms with van der Waals surface area (Å²) in [6.45, 7) is 10.7. The van der Waals surface area contributed by atoms with Crippen molar-refractivity contribution in [2.45, 2.75) is 46.0 Å². The van der Waals surface area contributed by atoms with Crippen LogP contribution in [0.5, 0.6) is 0 Å². The van der Waals surface area contributed by atoms with E-state index in [4.69, 9.17) is 4.74 Å².